The lowest BCUT2D eigenvalue weighted by molar-refractivity contribution is -0.117. The molecule has 3 aromatic rings. The zero-order chi connectivity index (χ0) is 29.0. The van der Waals surface area contributed by atoms with E-state index in [1.54, 1.807) is 45.0 Å². The van der Waals surface area contributed by atoms with E-state index in [1.807, 2.05) is 6.07 Å². The van der Waals surface area contributed by atoms with Crippen LogP contribution in [-0.2, 0) is 31.3 Å². The Morgan fingerprint density at radius 3 is 2.26 bits per heavy atom. The number of sulfonamides is 2. The van der Waals surface area contributed by atoms with Crippen LogP contribution in [0, 0.1) is 17.1 Å². The number of nitriles is 1. The van der Waals surface area contributed by atoms with E-state index < -0.39 is 43.4 Å². The summed E-state index contributed by atoms with van der Waals surface area (Å²) in [6.07, 6.45) is 0.935. The largest absolute Gasteiger partial charge is 0.325 e. The topological polar surface area (TPSA) is 145 Å². The molecular formula is C27H29FN4O5S2. The van der Waals surface area contributed by atoms with E-state index in [0.717, 1.165) is 18.4 Å². The number of halogens is 1. The van der Waals surface area contributed by atoms with Crippen LogP contribution in [0.2, 0.25) is 0 Å². The second-order valence-corrected chi connectivity index (χ2v) is 13.5. The molecule has 3 rings (SSSR count). The molecule has 0 heterocycles. The molecule has 0 saturated heterocycles. The Labute approximate surface area is 228 Å². The molecule has 0 unspecified atom stereocenters. The number of benzene rings is 3. The van der Waals surface area contributed by atoms with Gasteiger partial charge in [-0.25, -0.2) is 30.7 Å². The van der Waals surface area contributed by atoms with Gasteiger partial charge in [-0.2, -0.15) is 5.26 Å². The van der Waals surface area contributed by atoms with Crippen LogP contribution in [0.4, 0.5) is 10.1 Å². The first-order chi connectivity index (χ1) is 18.1. The summed E-state index contributed by atoms with van der Waals surface area (Å²) in [4.78, 5) is 12.9. The van der Waals surface area contributed by atoms with E-state index in [-0.39, 0.29) is 16.9 Å². The highest BCUT2D eigenvalue weighted by atomic mass is 32.2. The van der Waals surface area contributed by atoms with Crippen molar-refractivity contribution in [2.24, 2.45) is 0 Å². The van der Waals surface area contributed by atoms with Gasteiger partial charge in [-0.05, 0) is 80.8 Å². The average molecular weight is 573 g/mol. The van der Waals surface area contributed by atoms with Gasteiger partial charge < -0.3 is 5.32 Å². The SMILES string of the molecule is CC(C)(C)NS(=O)(=O)c1ccc(F)cc1-c1ccc(NC(=O)[C@H](Cc2cccc(C#N)c2)NS(C)(=O)=O)cc1. The first kappa shape index (κ1) is 29.9. The first-order valence-electron chi connectivity index (χ1n) is 11.8. The lowest BCUT2D eigenvalue weighted by Crippen LogP contribution is -2.44. The zero-order valence-corrected chi connectivity index (χ0v) is 23.5. The number of anilines is 1. The second-order valence-electron chi connectivity index (χ2n) is 10.0. The number of amides is 1. The molecule has 0 aliphatic carbocycles. The van der Waals surface area contributed by atoms with E-state index in [1.165, 1.54) is 30.3 Å². The molecule has 3 aromatic carbocycles. The third kappa shape index (κ3) is 8.69. The highest BCUT2D eigenvalue weighted by Crippen LogP contribution is 2.30. The summed E-state index contributed by atoms with van der Waals surface area (Å²) in [7, 11) is -7.73. The first-order valence-corrected chi connectivity index (χ1v) is 15.1. The molecule has 0 aromatic heterocycles. The van der Waals surface area contributed by atoms with Gasteiger partial charge in [-0.15, -0.1) is 0 Å². The van der Waals surface area contributed by atoms with Crippen molar-refractivity contribution < 1.29 is 26.0 Å². The second kappa shape index (κ2) is 11.6. The van der Waals surface area contributed by atoms with Crippen LogP contribution < -0.4 is 14.8 Å². The van der Waals surface area contributed by atoms with Gasteiger partial charge in [0.15, 0.2) is 0 Å². The van der Waals surface area contributed by atoms with Gasteiger partial charge in [-0.1, -0.05) is 24.3 Å². The van der Waals surface area contributed by atoms with Gasteiger partial charge >= 0.3 is 0 Å². The lowest BCUT2D eigenvalue weighted by Gasteiger charge is -2.22. The molecule has 12 heteroatoms. The minimum Gasteiger partial charge on any atom is -0.325 e. The molecule has 0 aliphatic rings. The normalized spacial score (nSPS) is 12.9. The molecule has 0 fully saturated rings. The van der Waals surface area contributed by atoms with Crippen molar-refractivity contribution in [2.45, 2.75) is 43.7 Å². The molecule has 0 aliphatic heterocycles. The van der Waals surface area contributed by atoms with Crippen LogP contribution in [0.15, 0.2) is 71.6 Å². The maximum absolute atomic E-state index is 14.1. The Morgan fingerprint density at radius 1 is 1.00 bits per heavy atom. The van der Waals surface area contributed by atoms with Gasteiger partial charge in [0, 0.05) is 16.8 Å². The minimum atomic E-state index is -3.98. The highest BCUT2D eigenvalue weighted by Gasteiger charge is 2.26. The molecule has 0 radical (unpaired) electrons. The van der Waals surface area contributed by atoms with Crippen molar-refractivity contribution in [3.8, 4) is 17.2 Å². The number of nitrogens with one attached hydrogen (secondary N) is 3. The summed E-state index contributed by atoms with van der Waals surface area (Å²) in [5.74, 6) is -1.26. The number of rotatable bonds is 9. The summed E-state index contributed by atoms with van der Waals surface area (Å²) in [6, 6.07) is 16.7. The quantitative estimate of drug-likeness (QED) is 0.358. The Morgan fingerprint density at radius 2 is 1.67 bits per heavy atom. The number of hydrogen-bond acceptors (Lipinski definition) is 6. The van der Waals surface area contributed by atoms with Crippen molar-refractivity contribution in [1.29, 1.82) is 5.26 Å². The van der Waals surface area contributed by atoms with Crippen molar-refractivity contribution in [3.63, 3.8) is 0 Å². The van der Waals surface area contributed by atoms with E-state index in [9.17, 15) is 26.0 Å². The molecule has 206 valence electrons. The lowest BCUT2D eigenvalue weighted by atomic mass is 10.0. The Hall–Kier alpha value is -3.63. The summed E-state index contributed by atoms with van der Waals surface area (Å²) in [6.45, 7) is 5.08. The zero-order valence-electron chi connectivity index (χ0n) is 21.8. The maximum Gasteiger partial charge on any atom is 0.242 e. The number of hydrogen-bond donors (Lipinski definition) is 3. The van der Waals surface area contributed by atoms with E-state index in [4.69, 9.17) is 5.26 Å². The Bertz CT molecular complexity index is 1630. The molecule has 39 heavy (non-hydrogen) atoms. The third-order valence-electron chi connectivity index (χ3n) is 5.30. The molecule has 0 bridgehead atoms. The van der Waals surface area contributed by atoms with Crippen LogP contribution >= 0.6 is 0 Å². The van der Waals surface area contributed by atoms with Gasteiger partial charge in [0.1, 0.15) is 11.9 Å². The van der Waals surface area contributed by atoms with Gasteiger partial charge in [0.2, 0.25) is 26.0 Å². The molecule has 3 N–H and O–H groups in total. The van der Waals surface area contributed by atoms with Crippen LogP contribution in [0.1, 0.15) is 31.9 Å². The molecule has 1 atom stereocenters. The summed E-state index contributed by atoms with van der Waals surface area (Å²) < 4.78 is 68.8. The predicted octanol–water partition coefficient (Wildman–Crippen LogP) is 3.54. The molecule has 0 saturated carbocycles. The van der Waals surface area contributed by atoms with E-state index >= 15 is 0 Å². The Kier molecular flexibility index (Phi) is 8.92. The van der Waals surface area contributed by atoms with Crippen LogP contribution in [0.3, 0.4) is 0 Å². The Balaban J connectivity index is 1.87. The standard InChI is InChI=1S/C27H29FN4O5S2/c1-27(2,3)32-39(36,37)25-13-10-21(28)16-23(25)20-8-11-22(12-9-20)30-26(33)24(31-38(4,34)35)15-18-6-5-7-19(14-18)17-29/h5-14,16,24,31-32H,15H2,1-4H3,(H,30,33)/t24-/m0/s1. The number of carbonyl (C=O) groups is 1. The molecule has 0 spiro atoms. The van der Waals surface area contributed by atoms with Crippen LogP contribution in [0.25, 0.3) is 11.1 Å². The summed E-state index contributed by atoms with van der Waals surface area (Å²) in [5, 5.41) is 11.8. The molecule has 9 nitrogen and oxygen atoms in total. The maximum atomic E-state index is 14.1. The van der Waals surface area contributed by atoms with Crippen molar-refractivity contribution in [1.82, 2.24) is 9.44 Å². The fraction of sp³-hybridized carbons (Fsp3) is 0.259. The van der Waals surface area contributed by atoms with Crippen molar-refractivity contribution >= 4 is 31.6 Å². The number of nitrogens with zero attached hydrogens (tertiary/aromatic N) is 1. The monoisotopic (exact) mass is 572 g/mol. The fourth-order valence-corrected chi connectivity index (χ4v) is 6.17. The predicted molar refractivity (Wildman–Crippen MR) is 147 cm³/mol. The highest BCUT2D eigenvalue weighted by molar-refractivity contribution is 7.89. The minimum absolute atomic E-state index is 0.00219. The van der Waals surface area contributed by atoms with Gasteiger partial charge in [0.05, 0.1) is 22.8 Å². The average Bonchev–Trinajstić information content (AvgIpc) is 2.81. The number of carbonyl (C=O) groups excluding carboxylic acids is 1. The fourth-order valence-electron chi connectivity index (χ4n) is 3.83. The summed E-state index contributed by atoms with van der Waals surface area (Å²) >= 11 is 0. The van der Waals surface area contributed by atoms with Gasteiger partial charge in [0.25, 0.3) is 0 Å². The van der Waals surface area contributed by atoms with Crippen molar-refractivity contribution in [3.05, 3.63) is 83.7 Å². The summed E-state index contributed by atoms with van der Waals surface area (Å²) in [5.41, 5.74) is 1.04. The van der Waals surface area contributed by atoms with Crippen molar-refractivity contribution in [2.75, 3.05) is 11.6 Å². The molecular weight excluding hydrogens is 543 g/mol. The van der Waals surface area contributed by atoms with Gasteiger partial charge in [-0.3, -0.25) is 4.79 Å². The van der Waals surface area contributed by atoms with Crippen LogP contribution in [0.5, 0.6) is 0 Å². The third-order valence-corrected chi connectivity index (χ3v) is 7.83. The smallest absolute Gasteiger partial charge is 0.242 e. The van der Waals surface area contributed by atoms with Crippen LogP contribution in [-0.4, -0.2) is 40.6 Å². The van der Waals surface area contributed by atoms with E-state index in [2.05, 4.69) is 14.8 Å². The molecule has 1 amide bonds. The van der Waals surface area contributed by atoms with E-state index in [0.29, 0.717) is 22.4 Å².